The highest BCUT2D eigenvalue weighted by Crippen LogP contribution is 2.13. The molecule has 0 aliphatic heterocycles. The molecule has 0 aliphatic rings. The summed E-state index contributed by atoms with van der Waals surface area (Å²) in [5, 5.41) is 2.99. The Balaban J connectivity index is 1.73. The lowest BCUT2D eigenvalue weighted by Crippen LogP contribution is -2.31. The molecular weight excluding hydrogens is 300 g/mol. The predicted octanol–water partition coefficient (Wildman–Crippen LogP) is 3.27. The van der Waals surface area contributed by atoms with E-state index in [4.69, 9.17) is 4.74 Å². The third kappa shape index (κ3) is 5.61. The summed E-state index contributed by atoms with van der Waals surface area (Å²) in [7, 11) is 1.66. The van der Waals surface area contributed by atoms with Crippen molar-refractivity contribution in [3.05, 3.63) is 60.2 Å². The number of rotatable bonds is 9. The summed E-state index contributed by atoms with van der Waals surface area (Å²) in [5.74, 6) is 0.938. The Bertz CT molecular complexity index is 629. The topological polar surface area (TPSA) is 41.6 Å². The summed E-state index contributed by atoms with van der Waals surface area (Å²) >= 11 is 0. The van der Waals surface area contributed by atoms with Gasteiger partial charge in [-0.25, -0.2) is 0 Å². The number of benzene rings is 2. The molecule has 0 heterocycles. The average Bonchev–Trinajstić information content (AvgIpc) is 2.63. The summed E-state index contributed by atoms with van der Waals surface area (Å²) in [4.78, 5) is 14.3. The standard InChI is InChI=1S/C20H26N2O2/c1-3-22(18-9-5-4-6-10-18)15-13-20(23)21-14-12-17-8-7-11-19(16-17)24-2/h4-11,16H,3,12-15H2,1-2H3,(H,21,23). The van der Waals surface area contributed by atoms with Crippen molar-refractivity contribution >= 4 is 11.6 Å². The maximum Gasteiger partial charge on any atom is 0.221 e. The van der Waals surface area contributed by atoms with Crippen LogP contribution in [0.15, 0.2) is 54.6 Å². The lowest BCUT2D eigenvalue weighted by molar-refractivity contribution is -0.120. The molecule has 0 aromatic heterocycles. The van der Waals surface area contributed by atoms with Gasteiger partial charge in [-0.1, -0.05) is 30.3 Å². The highest BCUT2D eigenvalue weighted by molar-refractivity contribution is 5.76. The minimum absolute atomic E-state index is 0.0901. The number of ether oxygens (including phenoxy) is 1. The molecule has 24 heavy (non-hydrogen) atoms. The number of para-hydroxylation sites is 1. The van der Waals surface area contributed by atoms with Gasteiger partial charge in [0.25, 0.3) is 0 Å². The molecule has 0 fully saturated rings. The van der Waals surface area contributed by atoms with Gasteiger partial charge in [-0.3, -0.25) is 4.79 Å². The zero-order valence-corrected chi connectivity index (χ0v) is 14.5. The quantitative estimate of drug-likeness (QED) is 0.769. The van der Waals surface area contributed by atoms with Crippen molar-refractivity contribution in [2.45, 2.75) is 19.8 Å². The lowest BCUT2D eigenvalue weighted by atomic mass is 10.1. The Hall–Kier alpha value is -2.49. The molecule has 0 saturated carbocycles. The fourth-order valence-electron chi connectivity index (χ4n) is 2.61. The van der Waals surface area contributed by atoms with Crippen LogP contribution in [0, 0.1) is 0 Å². The molecule has 0 radical (unpaired) electrons. The van der Waals surface area contributed by atoms with Gasteiger partial charge in [-0.2, -0.15) is 0 Å². The van der Waals surface area contributed by atoms with E-state index in [9.17, 15) is 4.79 Å². The molecule has 4 heteroatoms. The van der Waals surface area contributed by atoms with Crippen LogP contribution in [0.1, 0.15) is 18.9 Å². The maximum atomic E-state index is 12.0. The van der Waals surface area contributed by atoms with E-state index in [0.29, 0.717) is 13.0 Å². The van der Waals surface area contributed by atoms with E-state index in [1.54, 1.807) is 7.11 Å². The third-order valence-electron chi connectivity index (χ3n) is 3.98. The molecule has 128 valence electrons. The zero-order valence-electron chi connectivity index (χ0n) is 14.5. The summed E-state index contributed by atoms with van der Waals surface area (Å²) in [6.07, 6.45) is 1.31. The maximum absolute atomic E-state index is 12.0. The molecule has 4 nitrogen and oxygen atoms in total. The van der Waals surface area contributed by atoms with Gasteiger partial charge in [0.15, 0.2) is 0 Å². The van der Waals surface area contributed by atoms with Crippen LogP contribution < -0.4 is 15.0 Å². The first-order valence-corrected chi connectivity index (χ1v) is 8.42. The van der Waals surface area contributed by atoms with Gasteiger partial charge in [-0.15, -0.1) is 0 Å². The number of nitrogens with one attached hydrogen (secondary N) is 1. The van der Waals surface area contributed by atoms with Gasteiger partial charge in [0.05, 0.1) is 7.11 Å². The Kier molecular flexibility index (Phi) is 7.15. The molecule has 0 aliphatic carbocycles. The van der Waals surface area contributed by atoms with Gasteiger partial charge in [0.2, 0.25) is 5.91 Å². The normalized spacial score (nSPS) is 10.2. The van der Waals surface area contributed by atoms with Crippen molar-refractivity contribution < 1.29 is 9.53 Å². The molecular formula is C20H26N2O2. The summed E-state index contributed by atoms with van der Waals surface area (Å²) in [6, 6.07) is 18.1. The highest BCUT2D eigenvalue weighted by Gasteiger charge is 2.07. The number of hydrogen-bond acceptors (Lipinski definition) is 3. The molecule has 2 rings (SSSR count). The minimum atomic E-state index is 0.0901. The summed E-state index contributed by atoms with van der Waals surface area (Å²) in [6.45, 7) is 4.36. The second-order valence-corrected chi connectivity index (χ2v) is 5.62. The minimum Gasteiger partial charge on any atom is -0.497 e. The van der Waals surface area contributed by atoms with Crippen LogP contribution in [0.2, 0.25) is 0 Å². The van der Waals surface area contributed by atoms with Crippen LogP contribution in [-0.4, -0.2) is 32.7 Å². The molecule has 1 amide bonds. The third-order valence-corrected chi connectivity index (χ3v) is 3.98. The van der Waals surface area contributed by atoms with Crippen LogP contribution in [-0.2, 0) is 11.2 Å². The number of anilines is 1. The van der Waals surface area contributed by atoms with Crippen molar-refractivity contribution in [3.8, 4) is 5.75 Å². The van der Waals surface area contributed by atoms with Crippen LogP contribution >= 0.6 is 0 Å². The van der Waals surface area contributed by atoms with E-state index < -0.39 is 0 Å². The van der Waals surface area contributed by atoms with E-state index in [-0.39, 0.29) is 5.91 Å². The Morgan fingerprint density at radius 3 is 2.62 bits per heavy atom. The second kappa shape index (κ2) is 9.60. The first-order chi connectivity index (χ1) is 11.7. The number of nitrogens with zero attached hydrogens (tertiary/aromatic N) is 1. The second-order valence-electron chi connectivity index (χ2n) is 5.62. The molecule has 2 aromatic rings. The highest BCUT2D eigenvalue weighted by atomic mass is 16.5. The van der Waals surface area contributed by atoms with Gasteiger partial charge in [-0.05, 0) is 43.2 Å². The Labute approximate surface area is 144 Å². The van der Waals surface area contributed by atoms with Gasteiger partial charge in [0, 0.05) is 31.7 Å². The summed E-state index contributed by atoms with van der Waals surface area (Å²) in [5.41, 5.74) is 2.32. The first kappa shape index (κ1) is 17.9. The van der Waals surface area contributed by atoms with Crippen molar-refractivity contribution in [3.63, 3.8) is 0 Å². The number of methoxy groups -OCH3 is 1. The fourth-order valence-corrected chi connectivity index (χ4v) is 2.61. The first-order valence-electron chi connectivity index (χ1n) is 8.42. The number of carbonyl (C=O) groups is 1. The number of hydrogen-bond donors (Lipinski definition) is 1. The summed E-state index contributed by atoms with van der Waals surface area (Å²) < 4.78 is 5.21. The van der Waals surface area contributed by atoms with E-state index in [1.165, 1.54) is 0 Å². The van der Waals surface area contributed by atoms with E-state index in [1.807, 2.05) is 42.5 Å². The molecule has 0 bridgehead atoms. The Morgan fingerprint density at radius 2 is 1.92 bits per heavy atom. The SMILES string of the molecule is CCN(CCC(=O)NCCc1cccc(OC)c1)c1ccccc1. The van der Waals surface area contributed by atoms with Crippen LogP contribution in [0.4, 0.5) is 5.69 Å². The zero-order chi connectivity index (χ0) is 17.2. The fraction of sp³-hybridized carbons (Fsp3) is 0.350. The van der Waals surface area contributed by atoms with E-state index >= 15 is 0 Å². The van der Waals surface area contributed by atoms with Crippen molar-refractivity contribution in [1.29, 1.82) is 0 Å². The van der Waals surface area contributed by atoms with Gasteiger partial charge >= 0.3 is 0 Å². The lowest BCUT2D eigenvalue weighted by Gasteiger charge is -2.22. The molecule has 0 spiro atoms. The average molecular weight is 326 g/mol. The molecule has 0 unspecified atom stereocenters. The van der Waals surface area contributed by atoms with Crippen LogP contribution in [0.5, 0.6) is 5.75 Å². The molecule has 0 atom stereocenters. The van der Waals surface area contributed by atoms with Crippen molar-refractivity contribution in [2.24, 2.45) is 0 Å². The van der Waals surface area contributed by atoms with E-state index in [2.05, 4.69) is 29.3 Å². The van der Waals surface area contributed by atoms with Gasteiger partial charge in [0.1, 0.15) is 5.75 Å². The molecule has 2 aromatic carbocycles. The Morgan fingerprint density at radius 1 is 1.12 bits per heavy atom. The smallest absolute Gasteiger partial charge is 0.221 e. The molecule has 0 saturated heterocycles. The van der Waals surface area contributed by atoms with Crippen molar-refractivity contribution in [1.82, 2.24) is 5.32 Å². The van der Waals surface area contributed by atoms with E-state index in [0.717, 1.165) is 36.5 Å². The van der Waals surface area contributed by atoms with Crippen LogP contribution in [0.25, 0.3) is 0 Å². The largest absolute Gasteiger partial charge is 0.497 e. The van der Waals surface area contributed by atoms with Crippen LogP contribution in [0.3, 0.4) is 0 Å². The predicted molar refractivity (Wildman–Crippen MR) is 98.7 cm³/mol. The monoisotopic (exact) mass is 326 g/mol. The van der Waals surface area contributed by atoms with Crippen molar-refractivity contribution in [2.75, 3.05) is 31.6 Å². The van der Waals surface area contributed by atoms with Gasteiger partial charge < -0.3 is 15.0 Å². The number of carbonyl (C=O) groups excluding carboxylic acids is 1. The number of amides is 1. The molecule has 1 N–H and O–H groups in total.